The van der Waals surface area contributed by atoms with Crippen molar-refractivity contribution in [3.05, 3.63) is 11.7 Å². The van der Waals surface area contributed by atoms with Crippen molar-refractivity contribution in [2.45, 2.75) is 63.9 Å². The average Bonchev–Trinajstić information content (AvgIpc) is 3.25. The Kier molecular flexibility index (Phi) is 4.76. The van der Waals surface area contributed by atoms with E-state index < -0.39 is 0 Å². The highest BCUT2D eigenvalue weighted by molar-refractivity contribution is 5.81. The summed E-state index contributed by atoms with van der Waals surface area (Å²) in [5, 5.41) is 4.09. The van der Waals surface area contributed by atoms with Crippen LogP contribution in [0.1, 0.15) is 69.5 Å². The highest BCUT2D eigenvalue weighted by Gasteiger charge is 2.32. The van der Waals surface area contributed by atoms with E-state index >= 15 is 0 Å². The molecule has 122 valence electrons. The zero-order valence-corrected chi connectivity index (χ0v) is 13.5. The number of amides is 1. The molecule has 0 saturated carbocycles. The molecule has 6 nitrogen and oxygen atoms in total. The van der Waals surface area contributed by atoms with E-state index in [1.807, 2.05) is 4.90 Å². The molecule has 0 aromatic carbocycles. The van der Waals surface area contributed by atoms with E-state index in [1.54, 1.807) is 0 Å². The molecule has 2 aliphatic rings. The molecule has 0 N–H and O–H groups in total. The molecule has 3 rings (SSSR count). The van der Waals surface area contributed by atoms with Crippen molar-refractivity contribution in [2.24, 2.45) is 0 Å². The van der Waals surface area contributed by atoms with Crippen LogP contribution in [0.25, 0.3) is 0 Å². The summed E-state index contributed by atoms with van der Waals surface area (Å²) >= 11 is 0. The lowest BCUT2D eigenvalue weighted by Crippen LogP contribution is -2.43. The van der Waals surface area contributed by atoms with E-state index in [0.717, 1.165) is 56.9 Å². The number of likely N-dealkylation sites (tertiary alicyclic amines) is 1. The summed E-state index contributed by atoms with van der Waals surface area (Å²) in [6.07, 6.45) is 4.43. The second-order valence-corrected chi connectivity index (χ2v) is 6.40. The van der Waals surface area contributed by atoms with Gasteiger partial charge >= 0.3 is 0 Å². The van der Waals surface area contributed by atoms with Crippen molar-refractivity contribution in [1.82, 2.24) is 15.0 Å². The minimum atomic E-state index is -0.211. The molecule has 0 unspecified atom stereocenters. The fraction of sp³-hybridized carbons (Fsp3) is 0.812. The molecule has 22 heavy (non-hydrogen) atoms. The number of nitrogens with zero attached hydrogens (tertiary/aromatic N) is 3. The first-order chi connectivity index (χ1) is 10.7. The molecule has 1 amide bonds. The van der Waals surface area contributed by atoms with E-state index in [-0.39, 0.29) is 17.9 Å². The summed E-state index contributed by atoms with van der Waals surface area (Å²) in [6.45, 7) is 6.45. The number of hydrogen-bond donors (Lipinski definition) is 0. The maximum absolute atomic E-state index is 12.3. The van der Waals surface area contributed by atoms with Crippen molar-refractivity contribution in [2.75, 3.05) is 19.7 Å². The second kappa shape index (κ2) is 6.77. The monoisotopic (exact) mass is 307 g/mol. The van der Waals surface area contributed by atoms with Crippen LogP contribution in [0.5, 0.6) is 0 Å². The minimum absolute atomic E-state index is 0.154. The van der Waals surface area contributed by atoms with Gasteiger partial charge in [-0.3, -0.25) is 4.79 Å². The number of ether oxygens (including phenoxy) is 1. The Bertz CT molecular complexity index is 502. The van der Waals surface area contributed by atoms with Gasteiger partial charge in [0, 0.05) is 31.5 Å². The van der Waals surface area contributed by atoms with Gasteiger partial charge in [0.25, 0.3) is 5.91 Å². The van der Waals surface area contributed by atoms with E-state index in [4.69, 9.17) is 9.26 Å². The lowest BCUT2D eigenvalue weighted by Gasteiger charge is -2.31. The van der Waals surface area contributed by atoms with E-state index in [0.29, 0.717) is 12.5 Å². The highest BCUT2D eigenvalue weighted by atomic mass is 16.5. The zero-order valence-electron chi connectivity index (χ0n) is 13.5. The van der Waals surface area contributed by atoms with Crippen LogP contribution < -0.4 is 0 Å². The summed E-state index contributed by atoms with van der Waals surface area (Å²) in [6, 6.07) is 0. The molecule has 6 heteroatoms. The Morgan fingerprint density at radius 1 is 1.36 bits per heavy atom. The standard InChI is InChI=1S/C16H25N3O3/c1-3-11(2)14-17-15(22-18-14)12-6-8-19(9-7-12)16(20)13-5-4-10-21-13/h11-13H,3-10H2,1-2H3/t11-,13+/m1/s1. The third-order valence-electron chi connectivity index (χ3n) is 4.87. The van der Waals surface area contributed by atoms with Gasteiger partial charge < -0.3 is 14.2 Å². The van der Waals surface area contributed by atoms with Gasteiger partial charge in [0.15, 0.2) is 5.82 Å². The molecular formula is C16H25N3O3. The normalized spacial score (nSPS) is 24.6. The number of rotatable bonds is 4. The van der Waals surface area contributed by atoms with Crippen molar-refractivity contribution in [1.29, 1.82) is 0 Å². The SMILES string of the molecule is CC[C@@H](C)c1noc(C2CCN(C(=O)[C@@H]3CCCO3)CC2)n1. The first kappa shape index (κ1) is 15.5. The third-order valence-corrected chi connectivity index (χ3v) is 4.87. The van der Waals surface area contributed by atoms with Crippen LogP contribution >= 0.6 is 0 Å². The van der Waals surface area contributed by atoms with Crippen molar-refractivity contribution >= 4 is 5.91 Å². The Labute approximate surface area is 131 Å². The Balaban J connectivity index is 1.55. The zero-order chi connectivity index (χ0) is 15.5. The van der Waals surface area contributed by atoms with Gasteiger partial charge in [0.1, 0.15) is 6.10 Å². The number of hydrogen-bond acceptors (Lipinski definition) is 5. The molecule has 2 fully saturated rings. The molecule has 2 atom stereocenters. The summed E-state index contributed by atoms with van der Waals surface area (Å²) in [4.78, 5) is 18.8. The Hall–Kier alpha value is -1.43. The van der Waals surface area contributed by atoms with Crippen LogP contribution in [0.15, 0.2) is 4.52 Å². The number of piperidine rings is 1. The molecule has 0 spiro atoms. The summed E-state index contributed by atoms with van der Waals surface area (Å²) < 4.78 is 10.9. The van der Waals surface area contributed by atoms with Gasteiger partial charge in [-0.05, 0) is 32.1 Å². The molecule has 2 saturated heterocycles. The molecule has 3 heterocycles. The summed E-state index contributed by atoms with van der Waals surface area (Å²) in [7, 11) is 0. The number of carbonyl (C=O) groups is 1. The molecule has 0 aliphatic carbocycles. The van der Waals surface area contributed by atoms with Crippen LogP contribution in [0.4, 0.5) is 0 Å². The summed E-state index contributed by atoms with van der Waals surface area (Å²) in [5.74, 6) is 2.30. The van der Waals surface area contributed by atoms with E-state index in [2.05, 4.69) is 24.0 Å². The van der Waals surface area contributed by atoms with Crippen LogP contribution in [0.2, 0.25) is 0 Å². The smallest absolute Gasteiger partial charge is 0.251 e. The Morgan fingerprint density at radius 3 is 2.77 bits per heavy atom. The maximum Gasteiger partial charge on any atom is 0.251 e. The Morgan fingerprint density at radius 2 is 2.14 bits per heavy atom. The minimum Gasteiger partial charge on any atom is -0.368 e. The van der Waals surface area contributed by atoms with Gasteiger partial charge in [-0.1, -0.05) is 19.0 Å². The summed E-state index contributed by atoms with van der Waals surface area (Å²) in [5.41, 5.74) is 0. The van der Waals surface area contributed by atoms with Crippen molar-refractivity contribution in [3.8, 4) is 0 Å². The van der Waals surface area contributed by atoms with Crippen molar-refractivity contribution < 1.29 is 14.1 Å². The van der Waals surface area contributed by atoms with Crippen molar-refractivity contribution in [3.63, 3.8) is 0 Å². The first-order valence-electron chi connectivity index (χ1n) is 8.43. The third kappa shape index (κ3) is 3.16. The molecule has 0 radical (unpaired) electrons. The fourth-order valence-electron chi connectivity index (χ4n) is 3.12. The molecule has 0 bridgehead atoms. The maximum atomic E-state index is 12.3. The van der Waals surface area contributed by atoms with Crippen LogP contribution in [0, 0.1) is 0 Å². The molecule has 1 aromatic heterocycles. The molecule has 2 aliphatic heterocycles. The van der Waals surface area contributed by atoms with Crippen LogP contribution in [-0.4, -0.2) is 46.7 Å². The largest absolute Gasteiger partial charge is 0.368 e. The second-order valence-electron chi connectivity index (χ2n) is 6.40. The fourth-order valence-corrected chi connectivity index (χ4v) is 3.12. The lowest BCUT2D eigenvalue weighted by molar-refractivity contribution is -0.142. The highest BCUT2D eigenvalue weighted by Crippen LogP contribution is 2.29. The van der Waals surface area contributed by atoms with Gasteiger partial charge in [0.2, 0.25) is 5.89 Å². The predicted molar refractivity (Wildman–Crippen MR) is 80.5 cm³/mol. The van der Waals surface area contributed by atoms with E-state index in [1.165, 1.54) is 0 Å². The predicted octanol–water partition coefficient (Wildman–Crippen LogP) is 2.47. The number of aromatic nitrogens is 2. The average molecular weight is 307 g/mol. The van der Waals surface area contributed by atoms with Crippen LogP contribution in [0.3, 0.4) is 0 Å². The van der Waals surface area contributed by atoms with Gasteiger partial charge in [-0.25, -0.2) is 0 Å². The van der Waals surface area contributed by atoms with Gasteiger partial charge in [-0.15, -0.1) is 0 Å². The van der Waals surface area contributed by atoms with Crippen LogP contribution in [-0.2, 0) is 9.53 Å². The van der Waals surface area contributed by atoms with Gasteiger partial charge in [0.05, 0.1) is 0 Å². The first-order valence-corrected chi connectivity index (χ1v) is 8.43. The molecular weight excluding hydrogens is 282 g/mol. The quantitative estimate of drug-likeness (QED) is 0.854. The lowest BCUT2D eigenvalue weighted by atomic mass is 9.96. The van der Waals surface area contributed by atoms with Gasteiger partial charge in [-0.2, -0.15) is 4.98 Å². The number of carbonyl (C=O) groups excluding carboxylic acids is 1. The van der Waals surface area contributed by atoms with E-state index in [9.17, 15) is 4.79 Å². The topological polar surface area (TPSA) is 68.5 Å². The molecule has 1 aromatic rings.